The summed E-state index contributed by atoms with van der Waals surface area (Å²) in [6.07, 6.45) is 3.64. The third-order valence-electron chi connectivity index (χ3n) is 2.95. The van der Waals surface area contributed by atoms with E-state index in [1.54, 1.807) is 12.3 Å². The maximum Gasteiger partial charge on any atom is 0.324 e. The molecule has 4 nitrogen and oxygen atoms in total. The third kappa shape index (κ3) is 2.18. The first-order valence-electron chi connectivity index (χ1n) is 5.21. The van der Waals surface area contributed by atoms with Crippen molar-refractivity contribution in [2.24, 2.45) is 0 Å². The molecule has 86 valence electrons. The number of carboxylic acid groups (broad SMARTS) is 1. The summed E-state index contributed by atoms with van der Waals surface area (Å²) in [7, 11) is 0. The van der Waals surface area contributed by atoms with Gasteiger partial charge >= 0.3 is 5.97 Å². The fourth-order valence-corrected chi connectivity index (χ4v) is 2.19. The first kappa shape index (κ1) is 11.4. The summed E-state index contributed by atoms with van der Waals surface area (Å²) in [6.45, 7) is 0.757. The molecule has 1 atom stereocenters. The van der Waals surface area contributed by atoms with Gasteiger partial charge in [0.25, 0.3) is 0 Å². The highest BCUT2D eigenvalue weighted by Crippen LogP contribution is 2.24. The second-order valence-electron chi connectivity index (χ2n) is 4.08. The summed E-state index contributed by atoms with van der Waals surface area (Å²) in [5.74, 6) is -0.792. The number of rotatable bonds is 3. The molecule has 0 aliphatic carbocycles. The maximum absolute atomic E-state index is 11.3. The highest BCUT2D eigenvalue weighted by Gasteiger charge is 2.40. The zero-order valence-corrected chi connectivity index (χ0v) is 9.50. The van der Waals surface area contributed by atoms with Crippen molar-refractivity contribution in [1.82, 2.24) is 10.3 Å². The zero-order chi connectivity index (χ0) is 11.6. The molecule has 0 saturated carbocycles. The topological polar surface area (TPSA) is 62.2 Å². The minimum Gasteiger partial charge on any atom is -0.480 e. The molecule has 16 heavy (non-hydrogen) atoms. The van der Waals surface area contributed by atoms with E-state index < -0.39 is 11.5 Å². The first-order valence-corrected chi connectivity index (χ1v) is 5.59. The Labute approximate surface area is 98.6 Å². The molecule has 2 rings (SSSR count). The summed E-state index contributed by atoms with van der Waals surface area (Å²) in [6, 6.07) is 3.50. The molecule has 0 bridgehead atoms. The van der Waals surface area contributed by atoms with Gasteiger partial charge in [-0.3, -0.25) is 4.79 Å². The molecule has 2 heterocycles. The summed E-state index contributed by atoms with van der Waals surface area (Å²) in [4.78, 5) is 15.2. The van der Waals surface area contributed by atoms with E-state index in [1.165, 1.54) is 0 Å². The van der Waals surface area contributed by atoms with Gasteiger partial charge in [-0.1, -0.05) is 17.7 Å². The van der Waals surface area contributed by atoms with Crippen LogP contribution in [0, 0.1) is 0 Å². The fourth-order valence-electron chi connectivity index (χ4n) is 2.07. The lowest BCUT2D eigenvalue weighted by Crippen LogP contribution is -2.49. The molecule has 1 saturated heterocycles. The summed E-state index contributed by atoms with van der Waals surface area (Å²) < 4.78 is 0. The molecular weight excluding hydrogens is 228 g/mol. The monoisotopic (exact) mass is 240 g/mol. The quantitative estimate of drug-likeness (QED) is 0.786. The van der Waals surface area contributed by atoms with Gasteiger partial charge in [-0.2, -0.15) is 0 Å². The molecule has 0 aromatic carbocycles. The molecule has 0 radical (unpaired) electrons. The zero-order valence-electron chi connectivity index (χ0n) is 8.74. The Hall–Kier alpha value is -1.13. The number of hydrogen-bond acceptors (Lipinski definition) is 3. The van der Waals surface area contributed by atoms with Gasteiger partial charge in [-0.05, 0) is 31.0 Å². The molecular formula is C11H13ClN2O2. The van der Waals surface area contributed by atoms with E-state index in [4.69, 9.17) is 11.6 Å². The van der Waals surface area contributed by atoms with Crippen molar-refractivity contribution in [2.45, 2.75) is 24.8 Å². The SMILES string of the molecule is O=C(O)C1(Cc2ccc(Cl)nc2)CCCN1. The Bertz CT molecular complexity index is 385. The summed E-state index contributed by atoms with van der Waals surface area (Å²) in [5, 5.41) is 12.8. The van der Waals surface area contributed by atoms with Crippen molar-refractivity contribution in [1.29, 1.82) is 0 Å². The lowest BCUT2D eigenvalue weighted by Gasteiger charge is -2.24. The number of nitrogens with one attached hydrogen (secondary N) is 1. The second-order valence-corrected chi connectivity index (χ2v) is 4.47. The highest BCUT2D eigenvalue weighted by atomic mass is 35.5. The largest absolute Gasteiger partial charge is 0.480 e. The van der Waals surface area contributed by atoms with E-state index in [1.807, 2.05) is 6.07 Å². The number of carbonyl (C=O) groups is 1. The normalized spacial score (nSPS) is 24.6. The molecule has 1 aliphatic rings. The van der Waals surface area contributed by atoms with Gasteiger partial charge in [0, 0.05) is 12.6 Å². The summed E-state index contributed by atoms with van der Waals surface area (Å²) >= 11 is 5.68. The van der Waals surface area contributed by atoms with Gasteiger partial charge in [0.1, 0.15) is 10.7 Å². The molecule has 1 aromatic heterocycles. The first-order chi connectivity index (χ1) is 7.62. The van der Waals surface area contributed by atoms with Crippen LogP contribution in [0.1, 0.15) is 18.4 Å². The Morgan fingerprint density at radius 1 is 1.62 bits per heavy atom. The standard InChI is InChI=1S/C11H13ClN2O2/c12-9-3-2-8(7-13-9)6-11(10(15)16)4-1-5-14-11/h2-3,7,14H,1,4-6H2,(H,15,16). The van der Waals surface area contributed by atoms with Crippen molar-refractivity contribution >= 4 is 17.6 Å². The number of aliphatic carboxylic acids is 1. The number of halogens is 1. The van der Waals surface area contributed by atoms with Crippen LogP contribution in [0.4, 0.5) is 0 Å². The van der Waals surface area contributed by atoms with Crippen molar-refractivity contribution in [3.05, 3.63) is 29.0 Å². The van der Waals surface area contributed by atoms with Crippen LogP contribution in [-0.2, 0) is 11.2 Å². The Kier molecular flexibility index (Phi) is 3.12. The van der Waals surface area contributed by atoms with Gasteiger partial charge in [0.15, 0.2) is 0 Å². The van der Waals surface area contributed by atoms with Gasteiger partial charge in [0.05, 0.1) is 0 Å². The van der Waals surface area contributed by atoms with E-state index in [2.05, 4.69) is 10.3 Å². The minimum absolute atomic E-state index is 0.424. The van der Waals surface area contributed by atoms with Gasteiger partial charge in [-0.15, -0.1) is 0 Å². The fraction of sp³-hybridized carbons (Fsp3) is 0.455. The molecule has 5 heteroatoms. The maximum atomic E-state index is 11.3. The summed E-state index contributed by atoms with van der Waals surface area (Å²) in [5.41, 5.74) is 0.0661. The second kappa shape index (κ2) is 4.39. The van der Waals surface area contributed by atoms with Crippen LogP contribution >= 0.6 is 11.6 Å². The minimum atomic E-state index is -0.824. The Balaban J connectivity index is 2.18. The molecule has 1 aliphatic heterocycles. The number of carboxylic acids is 1. The lowest BCUT2D eigenvalue weighted by atomic mass is 9.90. The van der Waals surface area contributed by atoms with Crippen molar-refractivity contribution in [2.75, 3.05) is 6.54 Å². The van der Waals surface area contributed by atoms with Crippen molar-refractivity contribution in [3.8, 4) is 0 Å². The lowest BCUT2D eigenvalue weighted by molar-refractivity contribution is -0.144. The molecule has 1 aromatic rings. The molecule has 1 fully saturated rings. The molecule has 0 spiro atoms. The van der Waals surface area contributed by atoms with Gasteiger partial charge < -0.3 is 10.4 Å². The third-order valence-corrected chi connectivity index (χ3v) is 3.17. The van der Waals surface area contributed by atoms with Crippen LogP contribution in [0.5, 0.6) is 0 Å². The number of pyridine rings is 1. The van der Waals surface area contributed by atoms with Crippen LogP contribution in [0.25, 0.3) is 0 Å². The van der Waals surface area contributed by atoms with E-state index in [-0.39, 0.29) is 0 Å². The van der Waals surface area contributed by atoms with E-state index in [0.717, 1.165) is 18.5 Å². The highest BCUT2D eigenvalue weighted by molar-refractivity contribution is 6.29. The van der Waals surface area contributed by atoms with Crippen LogP contribution < -0.4 is 5.32 Å². The Morgan fingerprint density at radius 2 is 2.44 bits per heavy atom. The smallest absolute Gasteiger partial charge is 0.324 e. The number of hydrogen-bond donors (Lipinski definition) is 2. The van der Waals surface area contributed by atoms with Crippen LogP contribution in [0.2, 0.25) is 5.15 Å². The predicted octanol–water partition coefficient (Wildman–Crippen LogP) is 1.48. The Morgan fingerprint density at radius 3 is 2.94 bits per heavy atom. The van der Waals surface area contributed by atoms with Crippen LogP contribution in [-0.4, -0.2) is 28.1 Å². The molecule has 0 amide bonds. The number of aromatic nitrogens is 1. The van der Waals surface area contributed by atoms with E-state index >= 15 is 0 Å². The molecule has 2 N–H and O–H groups in total. The average molecular weight is 241 g/mol. The number of nitrogens with zero attached hydrogens (tertiary/aromatic N) is 1. The predicted molar refractivity (Wildman–Crippen MR) is 60.6 cm³/mol. The van der Waals surface area contributed by atoms with Crippen LogP contribution in [0.15, 0.2) is 18.3 Å². The van der Waals surface area contributed by atoms with Crippen LogP contribution in [0.3, 0.4) is 0 Å². The van der Waals surface area contributed by atoms with E-state index in [9.17, 15) is 9.90 Å². The van der Waals surface area contributed by atoms with Crippen molar-refractivity contribution < 1.29 is 9.90 Å². The van der Waals surface area contributed by atoms with E-state index in [0.29, 0.717) is 18.0 Å². The van der Waals surface area contributed by atoms with Gasteiger partial charge in [-0.25, -0.2) is 4.98 Å². The van der Waals surface area contributed by atoms with Gasteiger partial charge in [0.2, 0.25) is 0 Å². The molecule has 1 unspecified atom stereocenters. The van der Waals surface area contributed by atoms with Crippen molar-refractivity contribution in [3.63, 3.8) is 0 Å². The average Bonchev–Trinajstić information content (AvgIpc) is 2.71.